The van der Waals surface area contributed by atoms with Crippen LogP contribution in [0.2, 0.25) is 0 Å². The first kappa shape index (κ1) is 15.7. The smallest absolute Gasteiger partial charge is 0.333 e. The Morgan fingerprint density at radius 2 is 1.95 bits per heavy atom. The van der Waals surface area contributed by atoms with Gasteiger partial charge in [0.25, 0.3) is 0 Å². The molecular weight excluding hydrogens is 242 g/mol. The number of benzene rings is 1. The van der Waals surface area contributed by atoms with Crippen LogP contribution >= 0.6 is 0 Å². The van der Waals surface area contributed by atoms with Crippen LogP contribution in [-0.4, -0.2) is 32.8 Å². The molecule has 0 aliphatic heterocycles. The number of rotatable bonds is 8. The van der Waals surface area contributed by atoms with Crippen molar-refractivity contribution in [2.45, 2.75) is 25.8 Å². The number of hydrogen-bond donors (Lipinski definition) is 1. The van der Waals surface area contributed by atoms with E-state index >= 15 is 0 Å². The van der Waals surface area contributed by atoms with Crippen molar-refractivity contribution in [3.8, 4) is 0 Å². The average Bonchev–Trinajstić information content (AvgIpc) is 2.45. The molecule has 1 aromatic carbocycles. The summed E-state index contributed by atoms with van der Waals surface area (Å²) in [5.41, 5.74) is -0.0843. The van der Waals surface area contributed by atoms with E-state index in [4.69, 9.17) is 9.47 Å². The molecule has 0 radical (unpaired) electrons. The van der Waals surface area contributed by atoms with E-state index in [-0.39, 0.29) is 12.6 Å². The number of ether oxygens (including phenoxy) is 2. The van der Waals surface area contributed by atoms with Crippen LogP contribution < -0.4 is 5.32 Å². The fraction of sp³-hybridized carbons (Fsp3) is 0.533. The zero-order valence-corrected chi connectivity index (χ0v) is 11.9. The summed E-state index contributed by atoms with van der Waals surface area (Å²) in [5, 5.41) is 3.08. The maximum absolute atomic E-state index is 12.3. The molecule has 0 aliphatic carbocycles. The Labute approximate surface area is 115 Å². The van der Waals surface area contributed by atoms with Gasteiger partial charge in [-0.25, -0.2) is 4.79 Å². The van der Waals surface area contributed by atoms with Crippen LogP contribution in [0, 0.1) is 0 Å². The molecule has 19 heavy (non-hydrogen) atoms. The van der Waals surface area contributed by atoms with E-state index in [1.165, 1.54) is 0 Å². The summed E-state index contributed by atoms with van der Waals surface area (Å²) in [6.07, 6.45) is 0.914. The molecule has 4 heteroatoms. The molecule has 0 amide bonds. The summed E-state index contributed by atoms with van der Waals surface area (Å²) < 4.78 is 10.8. The van der Waals surface area contributed by atoms with E-state index in [0.717, 1.165) is 12.0 Å². The van der Waals surface area contributed by atoms with Crippen LogP contribution in [0.3, 0.4) is 0 Å². The highest BCUT2D eigenvalue weighted by molar-refractivity contribution is 5.83. The van der Waals surface area contributed by atoms with Gasteiger partial charge in [-0.1, -0.05) is 37.3 Å². The van der Waals surface area contributed by atoms with Gasteiger partial charge in [0.15, 0.2) is 5.54 Å². The van der Waals surface area contributed by atoms with Crippen molar-refractivity contribution in [3.05, 3.63) is 35.9 Å². The van der Waals surface area contributed by atoms with Gasteiger partial charge in [0.2, 0.25) is 0 Å². The minimum Gasteiger partial charge on any atom is -0.464 e. The third-order valence-corrected chi connectivity index (χ3v) is 2.98. The summed E-state index contributed by atoms with van der Waals surface area (Å²) in [7, 11) is 1.75. The molecule has 0 saturated heterocycles. The molecule has 0 saturated carbocycles. The van der Waals surface area contributed by atoms with Crippen LogP contribution in [0.1, 0.15) is 25.8 Å². The van der Waals surface area contributed by atoms with Crippen molar-refractivity contribution in [2.24, 2.45) is 0 Å². The number of nitrogens with one attached hydrogen (secondary N) is 1. The van der Waals surface area contributed by atoms with E-state index in [1.54, 1.807) is 14.0 Å². The highest BCUT2D eigenvalue weighted by atomic mass is 16.5. The first-order valence-electron chi connectivity index (χ1n) is 6.70. The Bertz CT molecular complexity index is 380. The largest absolute Gasteiger partial charge is 0.464 e. The van der Waals surface area contributed by atoms with Gasteiger partial charge in [0, 0.05) is 6.61 Å². The zero-order chi connectivity index (χ0) is 14.1. The molecular formula is C15H23NO3. The predicted molar refractivity (Wildman–Crippen MR) is 74.9 cm³/mol. The topological polar surface area (TPSA) is 47.6 Å². The van der Waals surface area contributed by atoms with Gasteiger partial charge in [-0.05, 0) is 26.0 Å². The van der Waals surface area contributed by atoms with E-state index in [0.29, 0.717) is 13.2 Å². The molecule has 4 nitrogen and oxygen atoms in total. The van der Waals surface area contributed by atoms with Crippen LogP contribution in [0.5, 0.6) is 0 Å². The Morgan fingerprint density at radius 1 is 1.26 bits per heavy atom. The van der Waals surface area contributed by atoms with E-state index in [9.17, 15) is 4.79 Å². The van der Waals surface area contributed by atoms with Crippen molar-refractivity contribution >= 4 is 5.97 Å². The second-order valence-electron chi connectivity index (χ2n) is 4.29. The van der Waals surface area contributed by atoms with Crippen molar-refractivity contribution < 1.29 is 14.3 Å². The molecule has 0 spiro atoms. The van der Waals surface area contributed by atoms with Crippen molar-refractivity contribution in [1.29, 1.82) is 0 Å². The summed E-state index contributed by atoms with van der Waals surface area (Å²) in [5.74, 6) is -0.306. The first-order chi connectivity index (χ1) is 9.21. The number of carbonyl (C=O) groups is 1. The summed E-state index contributed by atoms with van der Waals surface area (Å²) in [6.45, 7) is 5.07. The fourth-order valence-corrected chi connectivity index (χ4v) is 1.93. The third-order valence-electron chi connectivity index (χ3n) is 2.98. The number of hydrogen-bond acceptors (Lipinski definition) is 4. The minimum absolute atomic E-state index is 0.264. The molecule has 0 fully saturated rings. The Morgan fingerprint density at radius 3 is 2.47 bits per heavy atom. The third kappa shape index (κ3) is 3.78. The minimum atomic E-state index is -0.938. The monoisotopic (exact) mass is 265 g/mol. The van der Waals surface area contributed by atoms with E-state index in [1.807, 2.05) is 37.3 Å². The molecule has 0 bridgehead atoms. The van der Waals surface area contributed by atoms with Crippen LogP contribution in [0.15, 0.2) is 30.3 Å². The second-order valence-corrected chi connectivity index (χ2v) is 4.29. The van der Waals surface area contributed by atoms with Crippen LogP contribution in [-0.2, 0) is 19.8 Å². The molecule has 0 aliphatic rings. The molecule has 106 valence electrons. The lowest BCUT2D eigenvalue weighted by Gasteiger charge is -2.31. The summed E-state index contributed by atoms with van der Waals surface area (Å²) in [4.78, 5) is 12.3. The van der Waals surface area contributed by atoms with Gasteiger partial charge in [0.1, 0.15) is 0 Å². The quantitative estimate of drug-likeness (QED) is 0.577. The molecule has 0 heterocycles. The highest BCUT2D eigenvalue weighted by Gasteiger charge is 2.40. The van der Waals surface area contributed by atoms with Crippen molar-refractivity contribution in [1.82, 2.24) is 5.32 Å². The van der Waals surface area contributed by atoms with Gasteiger partial charge in [0.05, 0.1) is 13.2 Å². The van der Waals surface area contributed by atoms with Crippen molar-refractivity contribution in [3.63, 3.8) is 0 Å². The van der Waals surface area contributed by atoms with E-state index < -0.39 is 5.54 Å². The maximum atomic E-state index is 12.3. The van der Waals surface area contributed by atoms with Gasteiger partial charge in [-0.3, -0.25) is 5.32 Å². The van der Waals surface area contributed by atoms with E-state index in [2.05, 4.69) is 5.32 Å². The molecule has 1 aromatic rings. The zero-order valence-electron chi connectivity index (χ0n) is 11.9. The average molecular weight is 265 g/mol. The molecule has 1 unspecified atom stereocenters. The number of likely N-dealkylation sites (N-methyl/N-ethyl adjacent to an activating group) is 1. The van der Waals surface area contributed by atoms with Gasteiger partial charge >= 0.3 is 5.97 Å². The van der Waals surface area contributed by atoms with Crippen LogP contribution in [0.4, 0.5) is 0 Å². The Balaban J connectivity index is 3.02. The Kier molecular flexibility index (Phi) is 6.53. The SMILES string of the molecule is CCCOCC(NC)(C(=O)OCC)c1ccccc1. The fourth-order valence-electron chi connectivity index (χ4n) is 1.93. The van der Waals surface area contributed by atoms with Crippen LogP contribution in [0.25, 0.3) is 0 Å². The van der Waals surface area contributed by atoms with Gasteiger partial charge in [-0.15, -0.1) is 0 Å². The van der Waals surface area contributed by atoms with Crippen molar-refractivity contribution in [2.75, 3.05) is 26.9 Å². The number of carbonyl (C=O) groups excluding carboxylic acids is 1. The summed E-state index contributed by atoms with van der Waals surface area (Å²) in [6, 6.07) is 9.54. The highest BCUT2D eigenvalue weighted by Crippen LogP contribution is 2.23. The molecule has 1 atom stereocenters. The van der Waals surface area contributed by atoms with Gasteiger partial charge in [-0.2, -0.15) is 0 Å². The second kappa shape index (κ2) is 7.92. The molecule has 1 rings (SSSR count). The normalized spacial score (nSPS) is 13.8. The Hall–Kier alpha value is -1.39. The lowest BCUT2D eigenvalue weighted by molar-refractivity contribution is -0.154. The maximum Gasteiger partial charge on any atom is 0.333 e. The molecule has 0 aromatic heterocycles. The first-order valence-corrected chi connectivity index (χ1v) is 6.70. The standard InChI is InChI=1S/C15H23NO3/c1-4-11-18-12-15(16-3,14(17)19-5-2)13-9-7-6-8-10-13/h6-10,16H,4-5,11-12H2,1-3H3. The molecule has 1 N–H and O–H groups in total. The predicted octanol–water partition coefficient (Wildman–Crippen LogP) is 2.09. The van der Waals surface area contributed by atoms with Gasteiger partial charge < -0.3 is 9.47 Å². The summed E-state index contributed by atoms with van der Waals surface area (Å²) >= 11 is 0. The number of esters is 1. The lowest BCUT2D eigenvalue weighted by atomic mass is 9.91. The lowest BCUT2D eigenvalue weighted by Crippen LogP contribution is -2.52.